The lowest BCUT2D eigenvalue weighted by molar-refractivity contribution is 0.0135. The summed E-state index contributed by atoms with van der Waals surface area (Å²) in [5, 5.41) is 9.66. The van der Waals surface area contributed by atoms with Crippen molar-refractivity contribution in [2.24, 2.45) is 17.3 Å². The van der Waals surface area contributed by atoms with Gasteiger partial charge in [0.1, 0.15) is 5.60 Å². The molecule has 1 N–H and O–H groups in total. The average Bonchev–Trinajstić information content (AvgIpc) is 3.12. The molecule has 2 rings (SSSR count). The summed E-state index contributed by atoms with van der Waals surface area (Å²) in [6, 6.07) is 0. The van der Waals surface area contributed by atoms with Gasteiger partial charge in [-0.05, 0) is 39.0 Å². The average molecular weight is 312 g/mol. The van der Waals surface area contributed by atoms with Crippen molar-refractivity contribution in [1.82, 2.24) is 9.80 Å². The Morgan fingerprint density at radius 1 is 1.27 bits per heavy atom. The Morgan fingerprint density at radius 3 is 2.27 bits per heavy atom. The molecule has 0 radical (unpaired) electrons. The summed E-state index contributed by atoms with van der Waals surface area (Å²) in [7, 11) is 0. The Balaban J connectivity index is 1.76. The van der Waals surface area contributed by atoms with Crippen LogP contribution in [0.25, 0.3) is 0 Å². The van der Waals surface area contributed by atoms with Gasteiger partial charge in [-0.25, -0.2) is 4.79 Å². The van der Waals surface area contributed by atoms with Crippen molar-refractivity contribution in [2.75, 3.05) is 39.3 Å². The third-order valence-corrected chi connectivity index (χ3v) is 5.23. The van der Waals surface area contributed by atoms with Gasteiger partial charge in [0.2, 0.25) is 0 Å². The molecule has 128 valence electrons. The van der Waals surface area contributed by atoms with E-state index in [1.807, 2.05) is 20.8 Å². The molecule has 22 heavy (non-hydrogen) atoms. The fraction of sp³-hybridized carbons (Fsp3) is 0.941. The number of aliphatic hydroxyl groups excluding tert-OH is 1. The smallest absolute Gasteiger partial charge is 0.410 e. The monoisotopic (exact) mass is 312 g/mol. The molecule has 0 aromatic heterocycles. The SMILES string of the molecule is CC(C)C1(CO)CC1CN1CCN(C(=O)OC(C)(C)C)CC1. The van der Waals surface area contributed by atoms with Crippen molar-refractivity contribution in [2.45, 2.75) is 46.6 Å². The largest absolute Gasteiger partial charge is 0.444 e. The third kappa shape index (κ3) is 3.93. The van der Waals surface area contributed by atoms with Gasteiger partial charge in [-0.2, -0.15) is 0 Å². The number of carbonyl (C=O) groups is 1. The first-order valence-electron chi connectivity index (χ1n) is 8.49. The number of ether oxygens (including phenoxy) is 1. The van der Waals surface area contributed by atoms with Crippen LogP contribution in [0.5, 0.6) is 0 Å². The van der Waals surface area contributed by atoms with Crippen molar-refractivity contribution in [3.05, 3.63) is 0 Å². The van der Waals surface area contributed by atoms with Gasteiger partial charge in [0.05, 0.1) is 0 Å². The van der Waals surface area contributed by atoms with Crippen molar-refractivity contribution in [1.29, 1.82) is 0 Å². The van der Waals surface area contributed by atoms with Crippen LogP contribution in [0.1, 0.15) is 41.0 Å². The Bertz CT molecular complexity index is 397. The molecule has 2 unspecified atom stereocenters. The van der Waals surface area contributed by atoms with Gasteiger partial charge in [0, 0.05) is 44.7 Å². The molecule has 1 heterocycles. The number of hydrogen-bond donors (Lipinski definition) is 1. The highest BCUT2D eigenvalue weighted by molar-refractivity contribution is 5.68. The molecule has 0 spiro atoms. The second-order valence-electron chi connectivity index (χ2n) is 8.22. The molecule has 1 aliphatic carbocycles. The van der Waals surface area contributed by atoms with E-state index in [9.17, 15) is 9.90 Å². The minimum absolute atomic E-state index is 0.141. The highest BCUT2D eigenvalue weighted by Gasteiger charge is 2.55. The molecule has 0 aromatic carbocycles. The standard InChI is InChI=1S/C17H32N2O3/c1-13(2)17(12-20)10-14(17)11-18-6-8-19(9-7-18)15(21)22-16(3,4)5/h13-14,20H,6-12H2,1-5H3. The van der Waals surface area contributed by atoms with Gasteiger partial charge < -0.3 is 14.7 Å². The van der Waals surface area contributed by atoms with Crippen LogP contribution in [-0.2, 0) is 4.74 Å². The zero-order valence-electron chi connectivity index (χ0n) is 14.8. The van der Waals surface area contributed by atoms with Crippen molar-refractivity contribution < 1.29 is 14.6 Å². The number of rotatable bonds is 4. The summed E-state index contributed by atoms with van der Waals surface area (Å²) in [6.45, 7) is 14.7. The zero-order valence-corrected chi connectivity index (χ0v) is 14.8. The highest BCUT2D eigenvalue weighted by atomic mass is 16.6. The van der Waals surface area contributed by atoms with E-state index in [1.54, 1.807) is 4.90 Å². The van der Waals surface area contributed by atoms with E-state index in [-0.39, 0.29) is 11.5 Å². The third-order valence-electron chi connectivity index (χ3n) is 5.23. The first-order valence-corrected chi connectivity index (χ1v) is 8.49. The molecule has 5 nitrogen and oxygen atoms in total. The maximum absolute atomic E-state index is 12.0. The summed E-state index contributed by atoms with van der Waals surface area (Å²) in [4.78, 5) is 16.3. The number of hydrogen-bond acceptors (Lipinski definition) is 4. The Labute approximate surface area is 134 Å². The Hall–Kier alpha value is -0.810. The summed E-state index contributed by atoms with van der Waals surface area (Å²) < 4.78 is 5.42. The predicted molar refractivity (Wildman–Crippen MR) is 86.7 cm³/mol. The number of nitrogens with zero attached hydrogens (tertiary/aromatic N) is 2. The van der Waals surface area contributed by atoms with E-state index in [0.29, 0.717) is 18.4 Å². The molecule has 2 atom stereocenters. The van der Waals surface area contributed by atoms with Crippen molar-refractivity contribution in [3.63, 3.8) is 0 Å². The minimum atomic E-state index is -0.430. The topological polar surface area (TPSA) is 53.0 Å². The summed E-state index contributed by atoms with van der Waals surface area (Å²) in [5.74, 6) is 1.14. The maximum Gasteiger partial charge on any atom is 0.410 e. The maximum atomic E-state index is 12.0. The lowest BCUT2D eigenvalue weighted by atomic mass is 9.90. The number of amides is 1. The number of carbonyl (C=O) groups excluding carboxylic acids is 1. The summed E-state index contributed by atoms with van der Waals surface area (Å²) in [5.41, 5.74) is -0.289. The molecule has 1 saturated carbocycles. The normalized spacial score (nSPS) is 29.8. The first-order chi connectivity index (χ1) is 10.2. The molecular weight excluding hydrogens is 280 g/mol. The highest BCUT2D eigenvalue weighted by Crippen LogP contribution is 2.57. The molecule has 0 aromatic rings. The van der Waals surface area contributed by atoms with Crippen LogP contribution >= 0.6 is 0 Å². The van der Waals surface area contributed by atoms with E-state index in [0.717, 1.165) is 39.1 Å². The lowest BCUT2D eigenvalue weighted by Crippen LogP contribution is -2.50. The van der Waals surface area contributed by atoms with Crippen LogP contribution < -0.4 is 0 Å². The number of piperazine rings is 1. The predicted octanol–water partition coefficient (Wildman–Crippen LogP) is 2.19. The molecule has 1 aliphatic heterocycles. The lowest BCUT2D eigenvalue weighted by Gasteiger charge is -2.36. The molecule has 2 fully saturated rings. The first kappa shape index (κ1) is 17.5. The van der Waals surface area contributed by atoms with Crippen LogP contribution in [0.3, 0.4) is 0 Å². The second kappa shape index (κ2) is 6.36. The molecular formula is C17H32N2O3. The number of aliphatic hydroxyl groups is 1. The van der Waals surface area contributed by atoms with Crippen LogP contribution in [0.4, 0.5) is 4.79 Å². The van der Waals surface area contributed by atoms with Gasteiger partial charge in [0.25, 0.3) is 0 Å². The van der Waals surface area contributed by atoms with Crippen LogP contribution in [0.2, 0.25) is 0 Å². The zero-order chi connectivity index (χ0) is 16.5. The quantitative estimate of drug-likeness (QED) is 0.864. The van der Waals surface area contributed by atoms with Gasteiger partial charge in [-0.3, -0.25) is 4.90 Å². The van der Waals surface area contributed by atoms with Crippen LogP contribution in [0.15, 0.2) is 0 Å². The molecule has 0 bridgehead atoms. The molecule has 1 saturated heterocycles. The van der Waals surface area contributed by atoms with Crippen molar-refractivity contribution in [3.8, 4) is 0 Å². The van der Waals surface area contributed by atoms with Crippen LogP contribution in [0, 0.1) is 17.3 Å². The van der Waals surface area contributed by atoms with Gasteiger partial charge in [-0.1, -0.05) is 13.8 Å². The van der Waals surface area contributed by atoms with E-state index >= 15 is 0 Å². The van der Waals surface area contributed by atoms with E-state index < -0.39 is 5.60 Å². The van der Waals surface area contributed by atoms with E-state index in [1.165, 1.54) is 0 Å². The molecule has 1 amide bonds. The summed E-state index contributed by atoms with van der Waals surface area (Å²) in [6.07, 6.45) is 0.929. The molecule has 2 aliphatic rings. The van der Waals surface area contributed by atoms with Gasteiger partial charge >= 0.3 is 6.09 Å². The van der Waals surface area contributed by atoms with Gasteiger partial charge in [0.15, 0.2) is 0 Å². The molecule has 5 heteroatoms. The van der Waals surface area contributed by atoms with E-state index in [4.69, 9.17) is 4.74 Å². The fourth-order valence-electron chi connectivity index (χ4n) is 3.48. The Morgan fingerprint density at radius 2 is 1.86 bits per heavy atom. The van der Waals surface area contributed by atoms with E-state index in [2.05, 4.69) is 18.7 Å². The Kier molecular flexibility index (Phi) is 5.07. The fourth-order valence-corrected chi connectivity index (χ4v) is 3.48. The van der Waals surface area contributed by atoms with Crippen molar-refractivity contribution >= 4 is 6.09 Å². The van der Waals surface area contributed by atoms with Gasteiger partial charge in [-0.15, -0.1) is 0 Å². The second-order valence-corrected chi connectivity index (χ2v) is 8.22. The summed E-state index contributed by atoms with van der Waals surface area (Å²) >= 11 is 0. The minimum Gasteiger partial charge on any atom is -0.444 e. The van der Waals surface area contributed by atoms with Crippen LogP contribution in [-0.4, -0.2) is 65.9 Å².